The Balaban J connectivity index is 2.38. The van der Waals surface area contributed by atoms with Gasteiger partial charge < -0.3 is 9.64 Å². The molecule has 0 aromatic carbocycles. The lowest BCUT2D eigenvalue weighted by molar-refractivity contribution is 0.296. The highest BCUT2D eigenvalue weighted by Gasteiger charge is 2.09. The Kier molecular flexibility index (Phi) is 3.35. The molecule has 0 heterocycles. The third-order valence-corrected chi connectivity index (χ3v) is 1.99. The Morgan fingerprint density at radius 2 is 2.33 bits per heavy atom. The molecule has 0 N–H and O–H groups in total. The Morgan fingerprint density at radius 1 is 1.58 bits per heavy atom. The molecule has 1 aliphatic rings. The number of hydrogen-bond donors (Lipinski definition) is 0. The molecular formula is C10H17NO. The highest BCUT2D eigenvalue weighted by Crippen LogP contribution is 2.16. The van der Waals surface area contributed by atoms with Crippen LogP contribution in [0.15, 0.2) is 24.0 Å². The van der Waals surface area contributed by atoms with Crippen LogP contribution in [-0.4, -0.2) is 32.6 Å². The van der Waals surface area contributed by atoms with Gasteiger partial charge in [-0.3, -0.25) is 0 Å². The van der Waals surface area contributed by atoms with Gasteiger partial charge in [0.05, 0.1) is 7.11 Å². The SMILES string of the molecule is COC1=CCC(CN(C)C)C=C1. The fraction of sp³-hybridized carbons (Fsp3) is 0.600. The van der Waals surface area contributed by atoms with Crippen molar-refractivity contribution in [3.63, 3.8) is 0 Å². The van der Waals surface area contributed by atoms with Crippen LogP contribution in [0.5, 0.6) is 0 Å². The van der Waals surface area contributed by atoms with Gasteiger partial charge in [0.15, 0.2) is 0 Å². The van der Waals surface area contributed by atoms with Crippen molar-refractivity contribution in [3.05, 3.63) is 24.0 Å². The van der Waals surface area contributed by atoms with Crippen LogP contribution in [0.25, 0.3) is 0 Å². The standard InChI is InChI=1S/C10H17NO/c1-11(2)8-9-4-6-10(12-3)7-5-9/h4,6-7,9H,5,8H2,1-3H3. The molecule has 1 atom stereocenters. The number of nitrogens with zero attached hydrogens (tertiary/aromatic N) is 1. The molecule has 0 aromatic rings. The summed E-state index contributed by atoms with van der Waals surface area (Å²) in [7, 11) is 5.91. The van der Waals surface area contributed by atoms with E-state index in [-0.39, 0.29) is 0 Å². The van der Waals surface area contributed by atoms with Crippen molar-refractivity contribution in [2.24, 2.45) is 5.92 Å². The smallest absolute Gasteiger partial charge is 0.114 e. The number of rotatable bonds is 3. The molecule has 1 rings (SSSR count). The van der Waals surface area contributed by atoms with Crippen LogP contribution in [0.4, 0.5) is 0 Å². The van der Waals surface area contributed by atoms with E-state index >= 15 is 0 Å². The van der Waals surface area contributed by atoms with Crippen LogP contribution in [-0.2, 0) is 4.74 Å². The summed E-state index contributed by atoms with van der Waals surface area (Å²) in [6.45, 7) is 1.12. The fourth-order valence-electron chi connectivity index (χ4n) is 1.40. The van der Waals surface area contributed by atoms with E-state index in [1.807, 2.05) is 0 Å². The van der Waals surface area contributed by atoms with Gasteiger partial charge in [-0.05, 0) is 38.6 Å². The molecular weight excluding hydrogens is 150 g/mol. The Labute approximate surface area is 74.5 Å². The zero-order chi connectivity index (χ0) is 8.97. The van der Waals surface area contributed by atoms with Gasteiger partial charge in [0.1, 0.15) is 5.76 Å². The van der Waals surface area contributed by atoms with E-state index in [1.54, 1.807) is 7.11 Å². The maximum atomic E-state index is 5.11. The van der Waals surface area contributed by atoms with E-state index in [0.29, 0.717) is 5.92 Å². The van der Waals surface area contributed by atoms with Crippen molar-refractivity contribution in [2.45, 2.75) is 6.42 Å². The van der Waals surface area contributed by atoms with E-state index in [2.05, 4.69) is 37.2 Å². The molecule has 0 amide bonds. The first-order valence-electron chi connectivity index (χ1n) is 4.29. The Hall–Kier alpha value is -0.760. The topological polar surface area (TPSA) is 12.5 Å². The maximum absolute atomic E-state index is 5.11. The summed E-state index contributed by atoms with van der Waals surface area (Å²) < 4.78 is 5.11. The van der Waals surface area contributed by atoms with Crippen LogP contribution < -0.4 is 0 Å². The predicted molar refractivity (Wildman–Crippen MR) is 50.9 cm³/mol. The molecule has 0 aromatic heterocycles. The molecule has 1 unspecified atom stereocenters. The average molecular weight is 167 g/mol. The molecule has 0 bridgehead atoms. The summed E-state index contributed by atoms with van der Waals surface area (Å²) in [6, 6.07) is 0. The maximum Gasteiger partial charge on any atom is 0.114 e. The summed E-state index contributed by atoms with van der Waals surface area (Å²) in [6.07, 6.45) is 7.52. The van der Waals surface area contributed by atoms with E-state index in [4.69, 9.17) is 4.74 Å². The molecule has 0 fully saturated rings. The van der Waals surface area contributed by atoms with Gasteiger partial charge in [-0.2, -0.15) is 0 Å². The Bertz CT molecular complexity index is 194. The van der Waals surface area contributed by atoms with Gasteiger partial charge in [0, 0.05) is 6.54 Å². The first-order chi connectivity index (χ1) is 5.72. The van der Waals surface area contributed by atoms with Crippen LogP contribution in [0.3, 0.4) is 0 Å². The monoisotopic (exact) mass is 167 g/mol. The van der Waals surface area contributed by atoms with Crippen molar-refractivity contribution in [1.29, 1.82) is 0 Å². The van der Waals surface area contributed by atoms with Crippen molar-refractivity contribution in [1.82, 2.24) is 4.90 Å². The van der Waals surface area contributed by atoms with Gasteiger partial charge >= 0.3 is 0 Å². The van der Waals surface area contributed by atoms with E-state index in [9.17, 15) is 0 Å². The van der Waals surface area contributed by atoms with Crippen LogP contribution in [0.1, 0.15) is 6.42 Å². The van der Waals surface area contributed by atoms with Gasteiger partial charge in [-0.15, -0.1) is 0 Å². The van der Waals surface area contributed by atoms with Crippen molar-refractivity contribution in [2.75, 3.05) is 27.7 Å². The van der Waals surface area contributed by atoms with Crippen LogP contribution in [0, 0.1) is 5.92 Å². The number of methoxy groups -OCH3 is 1. The highest BCUT2D eigenvalue weighted by atomic mass is 16.5. The number of hydrogen-bond acceptors (Lipinski definition) is 2. The van der Waals surface area contributed by atoms with Crippen LogP contribution >= 0.6 is 0 Å². The zero-order valence-electron chi connectivity index (χ0n) is 8.08. The molecule has 12 heavy (non-hydrogen) atoms. The van der Waals surface area contributed by atoms with Crippen LogP contribution in [0.2, 0.25) is 0 Å². The minimum Gasteiger partial charge on any atom is -0.497 e. The lowest BCUT2D eigenvalue weighted by Gasteiger charge is -2.19. The summed E-state index contributed by atoms with van der Waals surface area (Å²) in [4.78, 5) is 2.21. The number of allylic oxidation sites excluding steroid dienone is 2. The summed E-state index contributed by atoms with van der Waals surface area (Å²) in [5.74, 6) is 1.64. The van der Waals surface area contributed by atoms with E-state index < -0.39 is 0 Å². The third kappa shape index (κ3) is 2.70. The summed E-state index contributed by atoms with van der Waals surface area (Å²) in [5.41, 5.74) is 0. The predicted octanol–water partition coefficient (Wildman–Crippen LogP) is 1.65. The molecule has 0 saturated carbocycles. The second-order valence-electron chi connectivity index (χ2n) is 3.43. The molecule has 0 radical (unpaired) electrons. The van der Waals surface area contributed by atoms with Gasteiger partial charge in [0.25, 0.3) is 0 Å². The largest absolute Gasteiger partial charge is 0.497 e. The Morgan fingerprint density at radius 3 is 2.75 bits per heavy atom. The molecule has 0 saturated heterocycles. The third-order valence-electron chi connectivity index (χ3n) is 1.99. The van der Waals surface area contributed by atoms with Crippen molar-refractivity contribution < 1.29 is 4.74 Å². The minimum absolute atomic E-state index is 0.652. The van der Waals surface area contributed by atoms with E-state index in [1.165, 1.54) is 0 Å². The fourth-order valence-corrected chi connectivity index (χ4v) is 1.40. The zero-order valence-corrected chi connectivity index (χ0v) is 8.08. The molecule has 68 valence electrons. The van der Waals surface area contributed by atoms with Gasteiger partial charge in [0.2, 0.25) is 0 Å². The quantitative estimate of drug-likeness (QED) is 0.633. The summed E-state index contributed by atoms with van der Waals surface area (Å²) in [5, 5.41) is 0. The molecule has 0 spiro atoms. The first kappa shape index (κ1) is 9.33. The minimum atomic E-state index is 0.652. The summed E-state index contributed by atoms with van der Waals surface area (Å²) >= 11 is 0. The van der Waals surface area contributed by atoms with Crippen molar-refractivity contribution >= 4 is 0 Å². The average Bonchev–Trinajstić information content (AvgIpc) is 2.05. The van der Waals surface area contributed by atoms with E-state index in [0.717, 1.165) is 18.7 Å². The van der Waals surface area contributed by atoms with Crippen molar-refractivity contribution in [3.8, 4) is 0 Å². The number of ether oxygens (including phenoxy) is 1. The highest BCUT2D eigenvalue weighted by molar-refractivity contribution is 5.18. The molecule has 1 aliphatic carbocycles. The normalized spacial score (nSPS) is 22.7. The van der Waals surface area contributed by atoms with Gasteiger partial charge in [-0.1, -0.05) is 6.08 Å². The van der Waals surface area contributed by atoms with Gasteiger partial charge in [-0.25, -0.2) is 0 Å². The lowest BCUT2D eigenvalue weighted by Crippen LogP contribution is -2.21. The molecule has 0 aliphatic heterocycles. The molecule has 2 heteroatoms. The first-order valence-corrected chi connectivity index (χ1v) is 4.29. The second-order valence-corrected chi connectivity index (χ2v) is 3.43. The second kappa shape index (κ2) is 4.31. The lowest BCUT2D eigenvalue weighted by atomic mass is 10.00. The molecule has 2 nitrogen and oxygen atoms in total.